The van der Waals surface area contributed by atoms with Crippen molar-refractivity contribution < 1.29 is 23.5 Å². The third kappa shape index (κ3) is 3.94. The summed E-state index contributed by atoms with van der Waals surface area (Å²) in [6.45, 7) is 0.155. The normalized spacial score (nSPS) is 23.2. The Morgan fingerprint density at radius 1 is 1.13 bits per heavy atom. The van der Waals surface area contributed by atoms with Crippen molar-refractivity contribution in [2.24, 2.45) is 0 Å². The Labute approximate surface area is 173 Å². The minimum Gasteiger partial charge on any atom is -0.465 e. The highest BCUT2D eigenvalue weighted by molar-refractivity contribution is 5.77. The highest BCUT2D eigenvalue weighted by atomic mass is 19.1. The Bertz CT molecular complexity index is 953. The zero-order valence-electron chi connectivity index (χ0n) is 16.4. The van der Waals surface area contributed by atoms with Crippen molar-refractivity contribution in [3.8, 4) is 0 Å². The van der Waals surface area contributed by atoms with Gasteiger partial charge in [-0.2, -0.15) is 0 Å². The summed E-state index contributed by atoms with van der Waals surface area (Å²) in [6, 6.07) is 13.2. The Kier molecular flexibility index (Phi) is 5.32. The molecule has 1 fully saturated rings. The predicted octanol–water partition coefficient (Wildman–Crippen LogP) is 3.57. The third-order valence-corrected chi connectivity index (χ3v) is 5.85. The summed E-state index contributed by atoms with van der Waals surface area (Å²) in [5, 5.41) is 10.8. The van der Waals surface area contributed by atoms with Gasteiger partial charge in [0.05, 0.1) is 19.1 Å². The van der Waals surface area contributed by atoms with Gasteiger partial charge in [-0.1, -0.05) is 36.4 Å². The molecule has 2 aromatic rings. The topological polar surface area (TPSA) is 72.9 Å². The maximum absolute atomic E-state index is 15.0. The van der Waals surface area contributed by atoms with Gasteiger partial charge < -0.3 is 20.2 Å². The fourth-order valence-electron chi connectivity index (χ4n) is 4.34. The second kappa shape index (κ2) is 7.93. The van der Waals surface area contributed by atoms with Crippen LogP contribution in [0.1, 0.15) is 29.2 Å². The Hall–Kier alpha value is -3.16. The molecule has 0 spiro atoms. The Morgan fingerprint density at radius 3 is 2.60 bits per heavy atom. The van der Waals surface area contributed by atoms with Crippen LogP contribution in [0, 0.1) is 5.82 Å². The van der Waals surface area contributed by atoms with E-state index in [1.165, 1.54) is 17.0 Å². The fourth-order valence-corrected chi connectivity index (χ4v) is 4.34. The van der Waals surface area contributed by atoms with Gasteiger partial charge in [-0.15, -0.1) is 0 Å². The molecule has 4 rings (SSSR count). The number of rotatable bonds is 3. The maximum atomic E-state index is 15.0. The molecule has 2 N–H and O–H groups in total. The van der Waals surface area contributed by atoms with Gasteiger partial charge in [0, 0.05) is 19.5 Å². The second-order valence-corrected chi connectivity index (χ2v) is 7.86. The van der Waals surface area contributed by atoms with Crippen LogP contribution in [0.2, 0.25) is 0 Å². The van der Waals surface area contributed by atoms with Crippen molar-refractivity contribution >= 4 is 12.1 Å². The fraction of sp³-hybridized carbons (Fsp3) is 0.364. The molecule has 0 bridgehead atoms. The number of hydrogen-bond acceptors (Lipinski definition) is 2. The summed E-state index contributed by atoms with van der Waals surface area (Å²) in [5.74, 6) is -0.353. The second-order valence-electron chi connectivity index (χ2n) is 7.86. The third-order valence-electron chi connectivity index (χ3n) is 5.85. The van der Waals surface area contributed by atoms with Gasteiger partial charge >= 0.3 is 12.1 Å². The van der Waals surface area contributed by atoms with E-state index in [0.29, 0.717) is 13.0 Å². The molecule has 1 unspecified atom stereocenters. The quantitative estimate of drug-likeness (QED) is 0.805. The molecular weight excluding hydrogens is 392 g/mol. The number of nitrogens with one attached hydrogen (secondary N) is 1. The number of likely N-dealkylation sites (tertiary alicyclic amines) is 1. The van der Waals surface area contributed by atoms with Crippen LogP contribution in [-0.4, -0.2) is 58.9 Å². The first kappa shape index (κ1) is 20.1. The van der Waals surface area contributed by atoms with Crippen LogP contribution in [0.5, 0.6) is 0 Å². The molecule has 2 aliphatic rings. The standard InChI is InChI=1S/C22H23F2N3O3/c23-17-7-5-16(6-8-17)19-18-4-2-1-3-15(18)9-11-27(19)21(30)26-12-10-22(24,14-26)13-25-20(28)29/h1-8,19,25H,9-14H2,(H,28,29)/t19-,22?/m0/s1. The number of nitrogens with zero attached hydrogens (tertiary/aromatic N) is 2. The molecular formula is C22H23F2N3O3. The SMILES string of the molecule is O=C(O)NCC1(F)CCN(C(=O)N2CCc3ccccc3[C@@H]2c2ccc(F)cc2)C1. The van der Waals surface area contributed by atoms with E-state index in [2.05, 4.69) is 5.32 Å². The number of halogens is 2. The van der Waals surface area contributed by atoms with E-state index in [4.69, 9.17) is 5.11 Å². The van der Waals surface area contributed by atoms with Crippen molar-refractivity contribution in [1.29, 1.82) is 0 Å². The van der Waals surface area contributed by atoms with Gasteiger partial charge in [0.2, 0.25) is 0 Å². The summed E-state index contributed by atoms with van der Waals surface area (Å²) >= 11 is 0. The van der Waals surface area contributed by atoms with E-state index in [-0.39, 0.29) is 37.9 Å². The first-order chi connectivity index (χ1) is 14.4. The van der Waals surface area contributed by atoms with E-state index >= 15 is 0 Å². The number of carbonyl (C=O) groups excluding carboxylic acids is 1. The average Bonchev–Trinajstić information content (AvgIpc) is 3.14. The lowest BCUT2D eigenvalue weighted by Crippen LogP contribution is -2.49. The van der Waals surface area contributed by atoms with Gasteiger partial charge in [-0.25, -0.2) is 18.4 Å². The molecule has 0 saturated carbocycles. The molecule has 2 aliphatic heterocycles. The van der Waals surface area contributed by atoms with Crippen LogP contribution >= 0.6 is 0 Å². The minimum absolute atomic E-state index is 0.0741. The van der Waals surface area contributed by atoms with Crippen molar-refractivity contribution in [3.05, 3.63) is 71.0 Å². The number of fused-ring (bicyclic) bond motifs is 1. The van der Waals surface area contributed by atoms with Crippen LogP contribution in [0.3, 0.4) is 0 Å². The van der Waals surface area contributed by atoms with Crippen molar-refractivity contribution in [2.45, 2.75) is 24.6 Å². The van der Waals surface area contributed by atoms with Gasteiger partial charge in [0.25, 0.3) is 0 Å². The molecule has 0 aliphatic carbocycles. The predicted molar refractivity (Wildman–Crippen MR) is 107 cm³/mol. The van der Waals surface area contributed by atoms with Crippen LogP contribution in [-0.2, 0) is 6.42 Å². The highest BCUT2D eigenvalue weighted by Gasteiger charge is 2.43. The number of carboxylic acid groups (broad SMARTS) is 1. The van der Waals surface area contributed by atoms with Crippen molar-refractivity contribution in [2.75, 3.05) is 26.2 Å². The van der Waals surface area contributed by atoms with Crippen molar-refractivity contribution in [3.63, 3.8) is 0 Å². The molecule has 1 saturated heterocycles. The van der Waals surface area contributed by atoms with E-state index < -0.39 is 17.8 Å². The van der Waals surface area contributed by atoms with Gasteiger partial charge in [-0.3, -0.25) is 0 Å². The van der Waals surface area contributed by atoms with Gasteiger partial charge in [0.1, 0.15) is 11.5 Å². The number of hydrogen-bond donors (Lipinski definition) is 2. The van der Waals surface area contributed by atoms with Gasteiger partial charge in [-0.05, 0) is 35.2 Å². The molecule has 3 amide bonds. The molecule has 6 nitrogen and oxygen atoms in total. The minimum atomic E-state index is -1.78. The molecule has 30 heavy (non-hydrogen) atoms. The number of amides is 3. The molecule has 2 atom stereocenters. The number of alkyl halides is 1. The van der Waals surface area contributed by atoms with Crippen LogP contribution in [0.15, 0.2) is 48.5 Å². The lowest BCUT2D eigenvalue weighted by molar-refractivity contribution is 0.126. The maximum Gasteiger partial charge on any atom is 0.404 e. The first-order valence-corrected chi connectivity index (χ1v) is 9.91. The monoisotopic (exact) mass is 415 g/mol. The zero-order chi connectivity index (χ0) is 21.3. The number of carbonyl (C=O) groups is 2. The largest absolute Gasteiger partial charge is 0.465 e. The molecule has 8 heteroatoms. The summed E-state index contributed by atoms with van der Waals surface area (Å²) in [7, 11) is 0. The molecule has 0 aromatic heterocycles. The highest BCUT2D eigenvalue weighted by Crippen LogP contribution is 2.37. The van der Waals surface area contributed by atoms with Crippen LogP contribution in [0.4, 0.5) is 18.4 Å². The number of urea groups is 1. The lowest BCUT2D eigenvalue weighted by atomic mass is 9.88. The molecule has 2 heterocycles. The Balaban J connectivity index is 1.60. The summed E-state index contributed by atoms with van der Waals surface area (Å²) in [5.41, 5.74) is 1.10. The lowest BCUT2D eigenvalue weighted by Gasteiger charge is -2.39. The zero-order valence-corrected chi connectivity index (χ0v) is 16.4. The van der Waals surface area contributed by atoms with Crippen LogP contribution in [0.25, 0.3) is 0 Å². The Morgan fingerprint density at radius 2 is 1.87 bits per heavy atom. The summed E-state index contributed by atoms with van der Waals surface area (Å²) < 4.78 is 28.5. The first-order valence-electron chi connectivity index (χ1n) is 9.91. The van der Waals surface area contributed by atoms with E-state index in [1.807, 2.05) is 24.3 Å². The smallest absolute Gasteiger partial charge is 0.404 e. The summed E-state index contributed by atoms with van der Waals surface area (Å²) in [6.07, 6.45) is -0.541. The van der Waals surface area contributed by atoms with Gasteiger partial charge in [0.15, 0.2) is 0 Å². The van der Waals surface area contributed by atoms with Crippen LogP contribution < -0.4 is 5.32 Å². The van der Waals surface area contributed by atoms with E-state index in [0.717, 1.165) is 16.7 Å². The van der Waals surface area contributed by atoms with E-state index in [1.54, 1.807) is 17.0 Å². The molecule has 2 aromatic carbocycles. The van der Waals surface area contributed by atoms with E-state index in [9.17, 15) is 18.4 Å². The molecule has 158 valence electrons. The molecule has 0 radical (unpaired) electrons. The average molecular weight is 415 g/mol. The summed E-state index contributed by atoms with van der Waals surface area (Å²) in [4.78, 5) is 27.2. The van der Waals surface area contributed by atoms with Crippen molar-refractivity contribution in [1.82, 2.24) is 15.1 Å². The number of benzene rings is 2.